The molecule has 0 spiro atoms. The Morgan fingerprint density at radius 2 is 1.96 bits per heavy atom. The SMILES string of the molecule is O=C(Nc1ccccc1)c1ccc(NC2CCCC2CCO)nn1. The molecule has 0 saturated heterocycles. The Bertz CT molecular complexity index is 660. The highest BCUT2D eigenvalue weighted by Gasteiger charge is 2.26. The average molecular weight is 326 g/mol. The Kier molecular flexibility index (Phi) is 5.38. The van der Waals surface area contributed by atoms with Crippen LogP contribution in [0.25, 0.3) is 0 Å². The average Bonchev–Trinajstić information content (AvgIpc) is 3.04. The van der Waals surface area contributed by atoms with Gasteiger partial charge in [0, 0.05) is 18.3 Å². The molecule has 24 heavy (non-hydrogen) atoms. The highest BCUT2D eigenvalue weighted by Crippen LogP contribution is 2.30. The van der Waals surface area contributed by atoms with Crippen LogP contribution in [0, 0.1) is 5.92 Å². The molecule has 1 aromatic heterocycles. The molecule has 1 heterocycles. The highest BCUT2D eigenvalue weighted by molar-refractivity contribution is 6.02. The van der Waals surface area contributed by atoms with E-state index in [4.69, 9.17) is 5.11 Å². The van der Waals surface area contributed by atoms with Gasteiger partial charge < -0.3 is 15.7 Å². The fourth-order valence-electron chi connectivity index (χ4n) is 3.18. The topological polar surface area (TPSA) is 87.1 Å². The zero-order valence-corrected chi connectivity index (χ0v) is 13.5. The van der Waals surface area contributed by atoms with Gasteiger partial charge >= 0.3 is 0 Å². The van der Waals surface area contributed by atoms with E-state index in [1.54, 1.807) is 12.1 Å². The molecule has 1 aromatic carbocycles. The van der Waals surface area contributed by atoms with Crippen LogP contribution in [0.15, 0.2) is 42.5 Å². The Morgan fingerprint density at radius 3 is 2.67 bits per heavy atom. The van der Waals surface area contributed by atoms with Crippen molar-refractivity contribution in [3.05, 3.63) is 48.2 Å². The van der Waals surface area contributed by atoms with Crippen LogP contribution in [-0.2, 0) is 0 Å². The largest absolute Gasteiger partial charge is 0.396 e. The second-order valence-electron chi connectivity index (χ2n) is 6.08. The molecule has 6 heteroatoms. The molecular formula is C18H22N4O2. The highest BCUT2D eigenvalue weighted by atomic mass is 16.3. The number of amides is 1. The van der Waals surface area contributed by atoms with Gasteiger partial charge in [0.15, 0.2) is 5.69 Å². The summed E-state index contributed by atoms with van der Waals surface area (Å²) in [5.74, 6) is 0.859. The van der Waals surface area contributed by atoms with Crippen molar-refractivity contribution in [2.24, 2.45) is 5.92 Å². The van der Waals surface area contributed by atoms with Gasteiger partial charge in [-0.2, -0.15) is 0 Å². The number of nitrogens with one attached hydrogen (secondary N) is 2. The van der Waals surface area contributed by atoms with Crippen LogP contribution in [0.2, 0.25) is 0 Å². The first-order chi connectivity index (χ1) is 11.8. The van der Waals surface area contributed by atoms with Crippen LogP contribution in [0.1, 0.15) is 36.2 Å². The molecule has 0 radical (unpaired) electrons. The van der Waals surface area contributed by atoms with E-state index in [-0.39, 0.29) is 18.2 Å². The third-order valence-electron chi connectivity index (χ3n) is 4.42. The Hall–Kier alpha value is -2.47. The van der Waals surface area contributed by atoms with Gasteiger partial charge in [-0.25, -0.2) is 0 Å². The van der Waals surface area contributed by atoms with Gasteiger partial charge in [-0.1, -0.05) is 24.6 Å². The number of hydrogen-bond acceptors (Lipinski definition) is 5. The summed E-state index contributed by atoms with van der Waals surface area (Å²) >= 11 is 0. The van der Waals surface area contributed by atoms with Crippen LogP contribution < -0.4 is 10.6 Å². The van der Waals surface area contributed by atoms with Crippen molar-refractivity contribution in [3.63, 3.8) is 0 Å². The molecule has 1 saturated carbocycles. The van der Waals surface area contributed by atoms with Crippen LogP contribution >= 0.6 is 0 Å². The maximum absolute atomic E-state index is 12.1. The van der Waals surface area contributed by atoms with Crippen LogP contribution in [-0.4, -0.2) is 33.9 Å². The summed E-state index contributed by atoms with van der Waals surface area (Å²) in [6, 6.07) is 13.0. The van der Waals surface area contributed by atoms with E-state index < -0.39 is 0 Å². The fourth-order valence-corrected chi connectivity index (χ4v) is 3.18. The number of carbonyl (C=O) groups excluding carboxylic acids is 1. The molecule has 1 fully saturated rings. The number of nitrogens with zero attached hydrogens (tertiary/aromatic N) is 2. The number of aliphatic hydroxyl groups is 1. The molecule has 0 aliphatic heterocycles. The van der Waals surface area contributed by atoms with Crippen molar-refractivity contribution in [3.8, 4) is 0 Å². The molecule has 0 bridgehead atoms. The van der Waals surface area contributed by atoms with Crippen LogP contribution in [0.4, 0.5) is 11.5 Å². The normalized spacial score (nSPS) is 19.9. The van der Waals surface area contributed by atoms with E-state index in [1.807, 2.05) is 30.3 Å². The molecular weight excluding hydrogens is 304 g/mol. The molecule has 3 rings (SSSR count). The summed E-state index contributed by atoms with van der Waals surface area (Å²) in [7, 11) is 0. The van der Waals surface area contributed by atoms with Crippen LogP contribution in [0.3, 0.4) is 0 Å². The van der Waals surface area contributed by atoms with Crippen molar-refractivity contribution in [2.75, 3.05) is 17.2 Å². The quantitative estimate of drug-likeness (QED) is 0.760. The summed E-state index contributed by atoms with van der Waals surface area (Å²) in [6.07, 6.45) is 4.17. The van der Waals surface area contributed by atoms with Gasteiger partial charge in [0.05, 0.1) is 0 Å². The van der Waals surface area contributed by atoms with Gasteiger partial charge in [0.1, 0.15) is 5.82 Å². The van der Waals surface area contributed by atoms with Crippen molar-refractivity contribution in [1.82, 2.24) is 10.2 Å². The molecule has 6 nitrogen and oxygen atoms in total. The summed E-state index contributed by atoms with van der Waals surface area (Å²) in [6.45, 7) is 0.215. The van der Waals surface area contributed by atoms with E-state index in [9.17, 15) is 4.79 Å². The lowest BCUT2D eigenvalue weighted by Gasteiger charge is -2.20. The molecule has 2 aromatic rings. The van der Waals surface area contributed by atoms with E-state index in [0.717, 1.165) is 31.4 Å². The molecule has 1 aliphatic rings. The zero-order chi connectivity index (χ0) is 16.8. The Balaban J connectivity index is 1.60. The summed E-state index contributed by atoms with van der Waals surface area (Å²) in [5.41, 5.74) is 1.01. The van der Waals surface area contributed by atoms with Gasteiger partial charge in [0.2, 0.25) is 0 Å². The Morgan fingerprint density at radius 1 is 1.12 bits per heavy atom. The minimum Gasteiger partial charge on any atom is -0.396 e. The van der Waals surface area contributed by atoms with Gasteiger partial charge in [-0.05, 0) is 49.4 Å². The minimum atomic E-state index is -0.278. The fraction of sp³-hybridized carbons (Fsp3) is 0.389. The Labute approximate surface area is 141 Å². The number of hydrogen-bond donors (Lipinski definition) is 3. The number of aromatic nitrogens is 2. The predicted molar refractivity (Wildman–Crippen MR) is 92.9 cm³/mol. The van der Waals surface area contributed by atoms with E-state index in [0.29, 0.717) is 17.8 Å². The molecule has 2 atom stereocenters. The molecule has 1 aliphatic carbocycles. The standard InChI is InChI=1S/C18H22N4O2/c23-12-11-13-5-4-8-15(13)20-17-10-9-16(21-22-17)18(24)19-14-6-2-1-3-7-14/h1-3,6-7,9-10,13,15,23H,4-5,8,11-12H2,(H,19,24)(H,20,22). The first-order valence-corrected chi connectivity index (χ1v) is 8.34. The monoisotopic (exact) mass is 326 g/mol. The number of benzene rings is 1. The number of para-hydroxylation sites is 1. The first-order valence-electron chi connectivity index (χ1n) is 8.34. The van der Waals surface area contributed by atoms with Crippen LogP contribution in [0.5, 0.6) is 0 Å². The third kappa shape index (κ3) is 4.08. The summed E-state index contributed by atoms with van der Waals surface area (Å²) < 4.78 is 0. The van der Waals surface area contributed by atoms with Crippen molar-refractivity contribution in [1.29, 1.82) is 0 Å². The third-order valence-corrected chi connectivity index (χ3v) is 4.42. The number of carbonyl (C=O) groups is 1. The molecule has 1 amide bonds. The molecule has 3 N–H and O–H groups in total. The maximum atomic E-state index is 12.1. The lowest BCUT2D eigenvalue weighted by atomic mass is 10.0. The van der Waals surface area contributed by atoms with Gasteiger partial charge in [-0.3, -0.25) is 4.79 Å². The van der Waals surface area contributed by atoms with Crippen molar-refractivity contribution in [2.45, 2.75) is 31.7 Å². The maximum Gasteiger partial charge on any atom is 0.276 e. The van der Waals surface area contributed by atoms with E-state index in [1.165, 1.54) is 0 Å². The minimum absolute atomic E-state index is 0.215. The number of aliphatic hydroxyl groups excluding tert-OH is 1. The first kappa shape index (κ1) is 16.4. The lowest BCUT2D eigenvalue weighted by Crippen LogP contribution is -2.25. The molecule has 2 unspecified atom stereocenters. The lowest BCUT2D eigenvalue weighted by molar-refractivity contribution is 0.102. The second kappa shape index (κ2) is 7.88. The molecule has 126 valence electrons. The number of rotatable bonds is 6. The zero-order valence-electron chi connectivity index (χ0n) is 13.5. The number of anilines is 2. The van der Waals surface area contributed by atoms with Gasteiger partial charge in [0.25, 0.3) is 5.91 Å². The summed E-state index contributed by atoms with van der Waals surface area (Å²) in [4.78, 5) is 12.1. The second-order valence-corrected chi connectivity index (χ2v) is 6.08. The van der Waals surface area contributed by atoms with Crippen molar-refractivity contribution < 1.29 is 9.90 Å². The van der Waals surface area contributed by atoms with Crippen molar-refractivity contribution >= 4 is 17.4 Å². The summed E-state index contributed by atoms with van der Waals surface area (Å²) in [5, 5.41) is 23.4. The predicted octanol–water partition coefficient (Wildman–Crippen LogP) is 2.69. The van der Waals surface area contributed by atoms with E-state index in [2.05, 4.69) is 20.8 Å². The van der Waals surface area contributed by atoms with Gasteiger partial charge in [-0.15, -0.1) is 10.2 Å². The van der Waals surface area contributed by atoms with E-state index >= 15 is 0 Å². The smallest absolute Gasteiger partial charge is 0.276 e.